The summed E-state index contributed by atoms with van der Waals surface area (Å²) in [5.41, 5.74) is -0.167. The van der Waals surface area contributed by atoms with Crippen molar-refractivity contribution in [1.29, 1.82) is 0 Å². The molecule has 2 unspecified atom stereocenters. The normalized spacial score (nSPS) is 38.9. The molecule has 0 radical (unpaired) electrons. The summed E-state index contributed by atoms with van der Waals surface area (Å²) in [6.45, 7) is 15.8. The molecule has 0 bridgehead atoms. The molecule has 0 N–H and O–H groups in total. The first-order valence-electron chi connectivity index (χ1n) is 6.40. The SMILES string of the molecule is CC1=C(C(C)(C)C)C2(C(C)(C)C)OC2(C)S1(=O)=O. The van der Waals surface area contributed by atoms with Gasteiger partial charge in [0.15, 0.2) is 0 Å². The van der Waals surface area contributed by atoms with Gasteiger partial charge in [-0.25, -0.2) is 8.42 Å². The van der Waals surface area contributed by atoms with Crippen LogP contribution in [0.25, 0.3) is 0 Å². The van der Waals surface area contributed by atoms with E-state index in [4.69, 9.17) is 4.74 Å². The van der Waals surface area contributed by atoms with Crippen LogP contribution < -0.4 is 0 Å². The van der Waals surface area contributed by atoms with Gasteiger partial charge in [-0.1, -0.05) is 41.5 Å². The van der Waals surface area contributed by atoms with Crippen molar-refractivity contribution in [3.8, 4) is 0 Å². The van der Waals surface area contributed by atoms with Crippen molar-refractivity contribution in [3.63, 3.8) is 0 Å². The number of ether oxygens (including phenoxy) is 1. The molecule has 2 aliphatic rings. The molecule has 1 fully saturated rings. The molecule has 0 saturated carbocycles. The summed E-state index contributed by atoms with van der Waals surface area (Å²) in [5.74, 6) is 0. The third kappa shape index (κ3) is 1.21. The minimum Gasteiger partial charge on any atom is -0.340 e. The number of hydrogen-bond acceptors (Lipinski definition) is 3. The first-order valence-corrected chi connectivity index (χ1v) is 7.88. The number of allylic oxidation sites excluding steroid dienone is 1. The van der Waals surface area contributed by atoms with Gasteiger partial charge in [-0.05, 0) is 30.3 Å². The summed E-state index contributed by atoms with van der Waals surface area (Å²) < 4.78 is 31.0. The van der Waals surface area contributed by atoms with Gasteiger partial charge in [0.05, 0.1) is 0 Å². The molecule has 2 rings (SSSR count). The van der Waals surface area contributed by atoms with Crippen LogP contribution in [-0.4, -0.2) is 19.0 Å². The zero-order valence-corrected chi connectivity index (χ0v) is 13.4. The lowest BCUT2D eigenvalue weighted by Gasteiger charge is -2.35. The van der Waals surface area contributed by atoms with Crippen LogP contribution in [-0.2, 0) is 14.6 Å². The number of rotatable bonds is 0. The largest absolute Gasteiger partial charge is 0.340 e. The summed E-state index contributed by atoms with van der Waals surface area (Å²) in [6, 6.07) is 0. The van der Waals surface area contributed by atoms with Crippen LogP contribution in [0.2, 0.25) is 0 Å². The molecule has 18 heavy (non-hydrogen) atoms. The fourth-order valence-corrected chi connectivity index (χ4v) is 6.05. The summed E-state index contributed by atoms with van der Waals surface area (Å²) in [7, 11) is -3.35. The zero-order chi connectivity index (χ0) is 14.4. The summed E-state index contributed by atoms with van der Waals surface area (Å²) in [5, 5.41) is 0. The number of sulfone groups is 1. The van der Waals surface area contributed by atoms with Crippen LogP contribution in [0, 0.1) is 10.8 Å². The van der Waals surface area contributed by atoms with Crippen molar-refractivity contribution >= 4 is 9.84 Å². The summed E-state index contributed by atoms with van der Waals surface area (Å²) in [6.07, 6.45) is 0. The lowest BCUT2D eigenvalue weighted by Crippen LogP contribution is -2.40. The molecule has 2 aliphatic heterocycles. The summed E-state index contributed by atoms with van der Waals surface area (Å²) >= 11 is 0. The average molecular weight is 272 g/mol. The second-order valence-corrected chi connectivity index (χ2v) is 10.1. The van der Waals surface area contributed by atoms with E-state index in [1.165, 1.54) is 0 Å². The Hall–Kier alpha value is -0.350. The Morgan fingerprint density at radius 3 is 1.78 bits per heavy atom. The zero-order valence-electron chi connectivity index (χ0n) is 12.6. The molecule has 3 nitrogen and oxygen atoms in total. The molecule has 0 spiro atoms. The van der Waals surface area contributed by atoms with Crippen LogP contribution in [0.4, 0.5) is 0 Å². The Morgan fingerprint density at radius 2 is 1.50 bits per heavy atom. The van der Waals surface area contributed by atoms with Crippen molar-refractivity contribution in [2.75, 3.05) is 0 Å². The molecule has 2 heterocycles. The van der Waals surface area contributed by atoms with E-state index < -0.39 is 20.4 Å². The van der Waals surface area contributed by atoms with E-state index in [0.717, 1.165) is 5.57 Å². The topological polar surface area (TPSA) is 46.7 Å². The highest BCUT2D eigenvalue weighted by Gasteiger charge is 2.85. The van der Waals surface area contributed by atoms with Gasteiger partial charge in [-0.2, -0.15) is 0 Å². The first-order chi connectivity index (χ1) is 7.73. The van der Waals surface area contributed by atoms with Crippen molar-refractivity contribution < 1.29 is 13.2 Å². The number of hydrogen-bond donors (Lipinski definition) is 0. The first kappa shape index (κ1) is 14.1. The van der Waals surface area contributed by atoms with Crippen molar-refractivity contribution in [2.45, 2.75) is 65.9 Å². The van der Waals surface area contributed by atoms with Gasteiger partial charge in [0.1, 0.15) is 5.60 Å². The average Bonchev–Trinajstić information content (AvgIpc) is 2.67. The third-order valence-corrected chi connectivity index (χ3v) is 6.78. The molecule has 4 heteroatoms. The maximum atomic E-state index is 12.6. The highest BCUT2D eigenvalue weighted by Crippen LogP contribution is 2.73. The van der Waals surface area contributed by atoms with E-state index in [9.17, 15) is 8.42 Å². The second-order valence-electron chi connectivity index (χ2n) is 7.66. The smallest absolute Gasteiger partial charge is 0.207 e. The van der Waals surface area contributed by atoms with E-state index in [2.05, 4.69) is 41.5 Å². The Bertz CT molecular complexity index is 543. The number of epoxide rings is 1. The van der Waals surface area contributed by atoms with Crippen molar-refractivity contribution in [3.05, 3.63) is 10.5 Å². The fourth-order valence-electron chi connectivity index (χ4n) is 3.73. The Balaban J connectivity index is 2.81. The van der Waals surface area contributed by atoms with E-state index in [1.807, 2.05) is 0 Å². The van der Waals surface area contributed by atoms with Crippen LogP contribution in [0.1, 0.15) is 55.4 Å². The number of fused-ring (bicyclic) bond motifs is 1. The lowest BCUT2D eigenvalue weighted by molar-refractivity contribution is 0.163. The molecular weight excluding hydrogens is 248 g/mol. The van der Waals surface area contributed by atoms with Gasteiger partial charge in [-0.15, -0.1) is 0 Å². The molecule has 0 aromatic carbocycles. The second kappa shape index (κ2) is 3.04. The van der Waals surface area contributed by atoms with Gasteiger partial charge < -0.3 is 4.74 Å². The maximum Gasteiger partial charge on any atom is 0.207 e. The summed E-state index contributed by atoms with van der Waals surface area (Å²) in [4.78, 5) is -0.552. The van der Waals surface area contributed by atoms with Crippen LogP contribution >= 0.6 is 0 Å². The van der Waals surface area contributed by atoms with Gasteiger partial charge in [-0.3, -0.25) is 0 Å². The van der Waals surface area contributed by atoms with Crippen LogP contribution in [0.15, 0.2) is 10.5 Å². The Kier molecular flexibility index (Phi) is 2.37. The molecule has 0 amide bonds. The molecular formula is C14H24O3S. The van der Waals surface area contributed by atoms with E-state index in [1.54, 1.807) is 13.8 Å². The Morgan fingerprint density at radius 1 is 1.06 bits per heavy atom. The monoisotopic (exact) mass is 272 g/mol. The molecule has 1 saturated heterocycles. The van der Waals surface area contributed by atoms with E-state index in [0.29, 0.717) is 4.91 Å². The molecule has 2 atom stereocenters. The highest BCUT2D eigenvalue weighted by molar-refractivity contribution is 7.97. The van der Waals surface area contributed by atoms with Gasteiger partial charge in [0.2, 0.25) is 14.8 Å². The third-order valence-electron chi connectivity index (χ3n) is 4.37. The minimum absolute atomic E-state index is 0.210. The molecule has 0 aromatic rings. The maximum absolute atomic E-state index is 12.6. The van der Waals surface area contributed by atoms with Crippen molar-refractivity contribution in [2.24, 2.45) is 10.8 Å². The van der Waals surface area contributed by atoms with Crippen LogP contribution in [0.3, 0.4) is 0 Å². The van der Waals surface area contributed by atoms with Gasteiger partial charge in [0, 0.05) is 4.91 Å². The van der Waals surface area contributed by atoms with E-state index in [-0.39, 0.29) is 10.8 Å². The van der Waals surface area contributed by atoms with Crippen LogP contribution in [0.5, 0.6) is 0 Å². The van der Waals surface area contributed by atoms with Gasteiger partial charge in [0.25, 0.3) is 0 Å². The molecule has 0 aromatic heterocycles. The molecule has 104 valence electrons. The lowest BCUT2D eigenvalue weighted by atomic mass is 9.66. The molecule has 0 aliphatic carbocycles. The minimum atomic E-state index is -3.35. The van der Waals surface area contributed by atoms with Crippen molar-refractivity contribution in [1.82, 2.24) is 0 Å². The van der Waals surface area contributed by atoms with E-state index >= 15 is 0 Å². The Labute approximate surface area is 111 Å². The standard InChI is InChI=1S/C14H24O3S/c1-9-10(11(2,3)4)14(12(5,6)7)13(8,17-14)18(9,15)16/h1-8H3. The predicted molar refractivity (Wildman–Crippen MR) is 72.8 cm³/mol. The predicted octanol–water partition coefficient (Wildman–Crippen LogP) is 3.27. The highest BCUT2D eigenvalue weighted by atomic mass is 32.2. The van der Waals surface area contributed by atoms with Gasteiger partial charge >= 0.3 is 0 Å². The fraction of sp³-hybridized carbons (Fsp3) is 0.857. The quantitative estimate of drug-likeness (QED) is 0.636.